The SMILES string of the molecule is CCCC1SCC(C(=O)O)N1C(=O)C1CCCCC1(C)C. The molecule has 0 aromatic heterocycles. The van der Waals surface area contributed by atoms with Crippen molar-refractivity contribution in [1.82, 2.24) is 4.90 Å². The van der Waals surface area contributed by atoms with Crippen molar-refractivity contribution in [2.24, 2.45) is 11.3 Å². The summed E-state index contributed by atoms with van der Waals surface area (Å²) in [4.78, 5) is 26.3. The van der Waals surface area contributed by atoms with E-state index < -0.39 is 12.0 Å². The van der Waals surface area contributed by atoms with E-state index in [1.807, 2.05) is 0 Å². The molecule has 1 N–H and O–H groups in total. The fourth-order valence-electron chi connectivity index (χ4n) is 3.65. The normalized spacial score (nSPS) is 32.1. The summed E-state index contributed by atoms with van der Waals surface area (Å²) in [7, 11) is 0. The van der Waals surface area contributed by atoms with Crippen LogP contribution in [0.4, 0.5) is 0 Å². The standard InChI is InChI=1S/C16H27NO3S/c1-4-7-13-17(12(10-21-13)15(19)20)14(18)11-8-5-6-9-16(11,2)3/h11-13H,4-10H2,1-3H3,(H,19,20). The first-order valence-electron chi connectivity index (χ1n) is 8.05. The van der Waals surface area contributed by atoms with Crippen LogP contribution in [0.3, 0.4) is 0 Å². The molecule has 21 heavy (non-hydrogen) atoms. The molecule has 2 fully saturated rings. The average Bonchev–Trinajstić information content (AvgIpc) is 2.82. The zero-order valence-electron chi connectivity index (χ0n) is 13.3. The minimum absolute atomic E-state index is 0.0115. The fraction of sp³-hybridized carbons (Fsp3) is 0.875. The van der Waals surface area contributed by atoms with Gasteiger partial charge in [0.05, 0.1) is 5.37 Å². The quantitative estimate of drug-likeness (QED) is 0.864. The van der Waals surface area contributed by atoms with Crippen LogP contribution in [0.15, 0.2) is 0 Å². The zero-order chi connectivity index (χ0) is 15.6. The van der Waals surface area contributed by atoms with Crippen LogP contribution in [0.5, 0.6) is 0 Å². The summed E-state index contributed by atoms with van der Waals surface area (Å²) in [6.45, 7) is 6.40. The van der Waals surface area contributed by atoms with Crippen LogP contribution in [0.25, 0.3) is 0 Å². The second kappa shape index (κ2) is 6.59. The Kier molecular flexibility index (Phi) is 5.23. The summed E-state index contributed by atoms with van der Waals surface area (Å²) >= 11 is 1.63. The van der Waals surface area contributed by atoms with E-state index in [1.165, 1.54) is 6.42 Å². The Balaban J connectivity index is 2.21. The van der Waals surface area contributed by atoms with Crippen molar-refractivity contribution in [1.29, 1.82) is 0 Å². The molecular weight excluding hydrogens is 286 g/mol. The number of amides is 1. The van der Waals surface area contributed by atoms with E-state index in [4.69, 9.17) is 0 Å². The summed E-state index contributed by atoms with van der Waals surface area (Å²) in [6, 6.07) is -0.642. The number of aliphatic carboxylic acids is 1. The van der Waals surface area contributed by atoms with Crippen molar-refractivity contribution in [2.75, 3.05) is 5.75 Å². The predicted octanol–water partition coefficient (Wildman–Crippen LogP) is 3.36. The monoisotopic (exact) mass is 313 g/mol. The lowest BCUT2D eigenvalue weighted by Crippen LogP contribution is -2.51. The molecule has 1 saturated heterocycles. The van der Waals surface area contributed by atoms with Gasteiger partial charge in [-0.05, 0) is 24.7 Å². The molecule has 4 nitrogen and oxygen atoms in total. The topological polar surface area (TPSA) is 57.6 Å². The highest BCUT2D eigenvalue weighted by atomic mass is 32.2. The number of hydrogen-bond donors (Lipinski definition) is 1. The number of carboxylic acid groups (broad SMARTS) is 1. The number of nitrogens with zero attached hydrogens (tertiary/aromatic N) is 1. The predicted molar refractivity (Wildman–Crippen MR) is 85.2 cm³/mol. The lowest BCUT2D eigenvalue weighted by atomic mass is 9.68. The van der Waals surface area contributed by atoms with E-state index in [9.17, 15) is 14.7 Å². The van der Waals surface area contributed by atoms with Gasteiger partial charge in [0.15, 0.2) is 0 Å². The lowest BCUT2D eigenvalue weighted by Gasteiger charge is -2.41. The van der Waals surface area contributed by atoms with Crippen LogP contribution in [0.1, 0.15) is 59.3 Å². The number of thioether (sulfide) groups is 1. The molecule has 0 aromatic carbocycles. The highest BCUT2D eigenvalue weighted by Gasteiger charge is 2.47. The first kappa shape index (κ1) is 16.7. The van der Waals surface area contributed by atoms with Crippen molar-refractivity contribution >= 4 is 23.6 Å². The number of carboxylic acids is 1. The second-order valence-corrected chi connectivity index (χ2v) is 8.17. The third-order valence-corrected chi connectivity index (χ3v) is 6.33. The summed E-state index contributed by atoms with van der Waals surface area (Å²) in [5.74, 6) is -0.274. The Labute approximate surface area is 131 Å². The maximum Gasteiger partial charge on any atom is 0.327 e. The number of rotatable bonds is 4. The minimum Gasteiger partial charge on any atom is -0.480 e. The van der Waals surface area contributed by atoms with E-state index >= 15 is 0 Å². The fourth-order valence-corrected chi connectivity index (χ4v) is 5.17. The molecule has 1 amide bonds. The molecule has 1 saturated carbocycles. The van der Waals surface area contributed by atoms with Gasteiger partial charge in [-0.2, -0.15) is 0 Å². The van der Waals surface area contributed by atoms with E-state index in [1.54, 1.807) is 16.7 Å². The van der Waals surface area contributed by atoms with Gasteiger partial charge in [-0.25, -0.2) is 4.79 Å². The van der Waals surface area contributed by atoms with Crippen LogP contribution in [-0.2, 0) is 9.59 Å². The molecule has 1 aliphatic carbocycles. The van der Waals surface area contributed by atoms with Crippen molar-refractivity contribution in [3.63, 3.8) is 0 Å². The molecule has 1 aliphatic heterocycles. The minimum atomic E-state index is -0.858. The molecular formula is C16H27NO3S. The van der Waals surface area contributed by atoms with E-state index in [2.05, 4.69) is 20.8 Å². The van der Waals surface area contributed by atoms with Crippen LogP contribution < -0.4 is 0 Å². The van der Waals surface area contributed by atoms with E-state index in [0.717, 1.165) is 32.1 Å². The highest BCUT2D eigenvalue weighted by Crippen LogP contribution is 2.44. The zero-order valence-corrected chi connectivity index (χ0v) is 14.1. The molecule has 3 unspecified atom stereocenters. The van der Waals surface area contributed by atoms with Gasteiger partial charge in [0, 0.05) is 11.7 Å². The Bertz CT molecular complexity index is 410. The molecule has 2 rings (SSSR count). The van der Waals surface area contributed by atoms with Gasteiger partial charge >= 0.3 is 5.97 Å². The first-order chi connectivity index (χ1) is 9.88. The molecule has 0 spiro atoms. The molecule has 120 valence electrons. The Hall–Kier alpha value is -0.710. The van der Waals surface area contributed by atoms with Gasteiger partial charge in [-0.1, -0.05) is 40.0 Å². The molecule has 1 heterocycles. The van der Waals surface area contributed by atoms with Crippen LogP contribution >= 0.6 is 11.8 Å². The maximum atomic E-state index is 13.1. The number of carbonyl (C=O) groups is 2. The summed E-state index contributed by atoms with van der Waals surface area (Å²) in [5, 5.41) is 9.48. The van der Waals surface area contributed by atoms with Crippen molar-refractivity contribution in [3.05, 3.63) is 0 Å². The van der Waals surface area contributed by atoms with Crippen LogP contribution in [-0.4, -0.2) is 39.1 Å². The number of carbonyl (C=O) groups excluding carboxylic acids is 1. The largest absolute Gasteiger partial charge is 0.480 e. The molecule has 0 bridgehead atoms. The Morgan fingerprint density at radius 1 is 1.33 bits per heavy atom. The van der Waals surface area contributed by atoms with Gasteiger partial charge in [-0.3, -0.25) is 4.79 Å². The van der Waals surface area contributed by atoms with Gasteiger partial charge in [0.1, 0.15) is 6.04 Å². The highest BCUT2D eigenvalue weighted by molar-refractivity contribution is 8.00. The smallest absolute Gasteiger partial charge is 0.327 e. The summed E-state index contributed by atoms with van der Waals surface area (Å²) < 4.78 is 0. The Morgan fingerprint density at radius 2 is 2.05 bits per heavy atom. The van der Waals surface area contributed by atoms with Crippen molar-refractivity contribution in [2.45, 2.75) is 70.7 Å². The molecule has 5 heteroatoms. The van der Waals surface area contributed by atoms with Crippen molar-refractivity contribution < 1.29 is 14.7 Å². The van der Waals surface area contributed by atoms with Gasteiger partial charge in [0.25, 0.3) is 0 Å². The maximum absolute atomic E-state index is 13.1. The number of hydrogen-bond acceptors (Lipinski definition) is 3. The van der Waals surface area contributed by atoms with Crippen molar-refractivity contribution in [3.8, 4) is 0 Å². The van der Waals surface area contributed by atoms with E-state index in [-0.39, 0.29) is 22.6 Å². The van der Waals surface area contributed by atoms with Gasteiger partial charge in [0.2, 0.25) is 5.91 Å². The lowest BCUT2D eigenvalue weighted by molar-refractivity contribution is -0.154. The van der Waals surface area contributed by atoms with Crippen LogP contribution in [0.2, 0.25) is 0 Å². The second-order valence-electron chi connectivity index (χ2n) is 6.96. The molecule has 2 aliphatic rings. The summed E-state index contributed by atoms with van der Waals surface area (Å²) in [6.07, 6.45) is 6.07. The average molecular weight is 313 g/mol. The third kappa shape index (κ3) is 3.38. The summed E-state index contributed by atoms with van der Waals surface area (Å²) in [5.41, 5.74) is -0.0115. The van der Waals surface area contributed by atoms with E-state index in [0.29, 0.717) is 5.75 Å². The molecule has 0 radical (unpaired) electrons. The van der Waals surface area contributed by atoms with Gasteiger partial charge < -0.3 is 10.0 Å². The molecule has 0 aromatic rings. The first-order valence-corrected chi connectivity index (χ1v) is 9.10. The Morgan fingerprint density at radius 3 is 2.62 bits per heavy atom. The molecule has 3 atom stereocenters. The third-order valence-electron chi connectivity index (χ3n) is 4.97. The van der Waals surface area contributed by atoms with Gasteiger partial charge in [-0.15, -0.1) is 11.8 Å². The van der Waals surface area contributed by atoms with Crippen LogP contribution in [0, 0.1) is 11.3 Å².